The van der Waals surface area contributed by atoms with Crippen molar-refractivity contribution in [2.45, 2.75) is 69.3 Å². The Bertz CT molecular complexity index is 2060. The monoisotopic (exact) mass is 900 g/mol. The molecule has 3 aromatic carbocycles. The largest absolute Gasteiger partial charge is 0.496 e. The second kappa shape index (κ2) is 24.8. The summed E-state index contributed by atoms with van der Waals surface area (Å²) < 4.78 is 43.7. The lowest BCUT2D eigenvalue weighted by molar-refractivity contribution is -0.256. The molecule has 3 aromatic rings. The van der Waals surface area contributed by atoms with Gasteiger partial charge in [0, 0.05) is 37.7 Å². The summed E-state index contributed by atoms with van der Waals surface area (Å²) >= 11 is 0. The molecule has 15 nitrogen and oxygen atoms in total. The molecule has 1 saturated carbocycles. The smallest absolute Gasteiger partial charge is 0.410 e. The summed E-state index contributed by atoms with van der Waals surface area (Å²) in [6.07, 6.45) is 8.43. The second-order valence-electron chi connectivity index (χ2n) is 16.3. The van der Waals surface area contributed by atoms with Crippen LogP contribution >= 0.6 is 0 Å². The molecule has 1 fully saturated rings. The third-order valence-corrected chi connectivity index (χ3v) is 12.3. The molecule has 0 saturated heterocycles. The average Bonchev–Trinajstić information content (AvgIpc) is 3.32. The quantitative estimate of drug-likeness (QED) is 0.0302. The van der Waals surface area contributed by atoms with E-state index in [1.54, 1.807) is 35.2 Å². The number of unbranched alkanes of at least 4 members (excludes halogenated alkanes) is 2. The van der Waals surface area contributed by atoms with Crippen molar-refractivity contribution in [1.82, 2.24) is 4.90 Å². The highest BCUT2D eigenvalue weighted by molar-refractivity contribution is 6.03. The van der Waals surface area contributed by atoms with Crippen molar-refractivity contribution in [2.75, 3.05) is 73.6 Å². The highest BCUT2D eigenvalue weighted by Crippen LogP contribution is 2.62. The number of oxime groups is 1. The van der Waals surface area contributed by atoms with Crippen LogP contribution in [0.1, 0.15) is 72.3 Å². The van der Waals surface area contributed by atoms with E-state index in [-0.39, 0.29) is 83.6 Å². The predicted molar refractivity (Wildman–Crippen MR) is 242 cm³/mol. The fraction of sp³-hybridized carbons (Fsp3) is 0.500. The Morgan fingerprint density at radius 2 is 1.68 bits per heavy atom. The number of methoxy groups -OCH3 is 1. The van der Waals surface area contributed by atoms with Crippen LogP contribution in [0.3, 0.4) is 0 Å². The summed E-state index contributed by atoms with van der Waals surface area (Å²) in [5.41, 5.74) is 3.67. The Morgan fingerprint density at radius 1 is 0.908 bits per heavy atom. The zero-order valence-corrected chi connectivity index (χ0v) is 37.5. The maximum Gasteiger partial charge on any atom is 0.410 e. The molecule has 0 aromatic heterocycles. The highest BCUT2D eigenvalue weighted by atomic mass is 16.7. The van der Waals surface area contributed by atoms with E-state index in [0.29, 0.717) is 53.7 Å². The minimum atomic E-state index is -1.53. The van der Waals surface area contributed by atoms with Crippen LogP contribution in [0, 0.1) is 17.8 Å². The first kappa shape index (κ1) is 49.2. The number of aldehydes is 1. The zero-order chi connectivity index (χ0) is 46.0. The van der Waals surface area contributed by atoms with Gasteiger partial charge in [-0.25, -0.2) is 4.79 Å². The fourth-order valence-corrected chi connectivity index (χ4v) is 9.57. The molecule has 1 heterocycles. The minimum absolute atomic E-state index is 0.0169. The first-order valence-electron chi connectivity index (χ1n) is 22.5. The van der Waals surface area contributed by atoms with Gasteiger partial charge in [-0.1, -0.05) is 60.5 Å². The number of aliphatic hydroxyl groups is 3. The van der Waals surface area contributed by atoms with E-state index in [1.165, 1.54) is 14.2 Å². The number of rotatable bonds is 27. The van der Waals surface area contributed by atoms with E-state index in [0.717, 1.165) is 48.7 Å². The minimum Gasteiger partial charge on any atom is -0.496 e. The van der Waals surface area contributed by atoms with Gasteiger partial charge in [0.2, 0.25) is 5.79 Å². The van der Waals surface area contributed by atoms with E-state index in [1.807, 2.05) is 42.5 Å². The summed E-state index contributed by atoms with van der Waals surface area (Å²) in [4.78, 5) is 33.6. The molecule has 3 aliphatic rings. The van der Waals surface area contributed by atoms with Crippen molar-refractivity contribution in [2.24, 2.45) is 22.9 Å². The van der Waals surface area contributed by atoms with Gasteiger partial charge >= 0.3 is 6.09 Å². The van der Waals surface area contributed by atoms with Gasteiger partial charge in [0.1, 0.15) is 42.8 Å². The molecule has 1 aliphatic heterocycles. The Labute approximate surface area is 381 Å². The molecule has 65 heavy (non-hydrogen) atoms. The van der Waals surface area contributed by atoms with Gasteiger partial charge in [-0.15, -0.1) is 6.58 Å². The van der Waals surface area contributed by atoms with Crippen molar-refractivity contribution >= 4 is 18.1 Å². The van der Waals surface area contributed by atoms with Crippen LogP contribution in [-0.4, -0.2) is 124 Å². The molecule has 6 atom stereocenters. The molecule has 2 aliphatic carbocycles. The number of carbonyl (C=O) groups excluding carboxylic acids is 2. The third-order valence-electron chi connectivity index (χ3n) is 12.3. The van der Waals surface area contributed by atoms with E-state index in [9.17, 15) is 24.9 Å². The lowest BCUT2D eigenvalue weighted by Gasteiger charge is -2.59. The van der Waals surface area contributed by atoms with Crippen molar-refractivity contribution in [3.05, 3.63) is 108 Å². The number of allylic oxidation sites excluding steroid dienone is 1. The molecule has 6 rings (SSSR count). The van der Waals surface area contributed by atoms with Gasteiger partial charge in [0.15, 0.2) is 6.29 Å². The van der Waals surface area contributed by atoms with E-state index in [4.69, 9.17) is 38.0 Å². The van der Waals surface area contributed by atoms with Gasteiger partial charge in [-0.3, -0.25) is 9.69 Å². The normalized spacial score (nSPS) is 22.4. The summed E-state index contributed by atoms with van der Waals surface area (Å²) in [6.45, 7) is 4.68. The van der Waals surface area contributed by atoms with Crippen molar-refractivity contribution in [3.63, 3.8) is 0 Å². The molecule has 1 amide bonds. The number of benzene rings is 3. The number of amides is 1. The molecule has 0 radical (unpaired) electrons. The first-order chi connectivity index (χ1) is 31.9. The van der Waals surface area contributed by atoms with E-state index in [2.05, 4.69) is 17.8 Å². The second-order valence-corrected chi connectivity index (χ2v) is 16.3. The Balaban J connectivity index is 1.47. The molecular formula is C50H64N2O13. The van der Waals surface area contributed by atoms with Crippen LogP contribution in [0.2, 0.25) is 0 Å². The number of aliphatic hydroxyl groups excluding tert-OH is 3. The molecule has 0 bridgehead atoms. The lowest BCUT2D eigenvalue weighted by atomic mass is 9.55. The predicted octanol–water partition coefficient (Wildman–Crippen LogP) is 7.23. The van der Waals surface area contributed by atoms with Crippen LogP contribution < -0.4 is 14.2 Å². The van der Waals surface area contributed by atoms with Crippen molar-refractivity contribution < 1.29 is 62.9 Å². The number of hydrogen-bond acceptors (Lipinski definition) is 14. The maximum atomic E-state index is 14.6. The number of ether oxygens (including phenoxy) is 7. The van der Waals surface area contributed by atoms with Crippen LogP contribution in [0.25, 0.3) is 0 Å². The Hall–Kier alpha value is -5.29. The summed E-state index contributed by atoms with van der Waals surface area (Å²) in [5, 5.41) is 34.0. The molecule has 3 N–H and O–H groups in total. The number of hydrogen-bond donors (Lipinski definition) is 3. The standard InChI is InChI=1S/C50H64N2O13/c1-4-24-63-50-46(52(20-25-60-26-23-55)49(57)62-28-27-61-34-35-12-6-5-7-13-35)32-43(51-59-3)41-30-36(14-8-10-21-53)40(15-9-11-22-54)47(48(41)50)42-31-39(17-19-45(42)65-50)64-38-16-18-44(58-2)37(29-38)33-56/h4-7,12-13,16-19,29-31,33,36,40,46-48,53-55H,1,8-11,14-15,20-28,32,34H2,2-3H3/t36-,40+,46-,47+,48+,50+/m0/s1. The zero-order valence-electron chi connectivity index (χ0n) is 37.5. The van der Waals surface area contributed by atoms with Crippen molar-refractivity contribution in [3.8, 4) is 23.0 Å². The average molecular weight is 901 g/mol. The van der Waals surface area contributed by atoms with Crippen LogP contribution in [0.15, 0.2) is 96.2 Å². The van der Waals surface area contributed by atoms with Gasteiger partial charge in [0.25, 0.3) is 0 Å². The molecule has 352 valence electrons. The fourth-order valence-electron chi connectivity index (χ4n) is 9.57. The maximum absolute atomic E-state index is 14.6. The van der Waals surface area contributed by atoms with Gasteiger partial charge < -0.3 is 53.3 Å². The Kier molecular flexibility index (Phi) is 18.8. The summed E-state index contributed by atoms with van der Waals surface area (Å²) in [5.74, 6) is -0.526. The van der Waals surface area contributed by atoms with E-state index >= 15 is 0 Å². The molecular weight excluding hydrogens is 837 g/mol. The SMILES string of the molecule is C=CCO[C@@]12Oc3ccc(Oc4ccc(OC)c(C=O)c4)cc3[C@H]3[C@H](CCCCO)[C@@H](CCCCO)C=C(C(=NOC)C[C@@H]1N(CCOCCO)C(=O)OCCOCc1ccccc1)[C@H]32. The number of nitrogens with zero attached hydrogens (tertiary/aromatic N) is 2. The number of fused-ring (bicyclic) bond motifs is 2. The summed E-state index contributed by atoms with van der Waals surface area (Å²) in [7, 11) is 2.99. The van der Waals surface area contributed by atoms with Crippen molar-refractivity contribution in [1.29, 1.82) is 0 Å². The third kappa shape index (κ3) is 11.9. The lowest BCUT2D eigenvalue weighted by Crippen LogP contribution is -2.70. The van der Waals surface area contributed by atoms with Gasteiger partial charge in [-0.05, 0) is 85.1 Å². The Morgan fingerprint density at radius 3 is 2.40 bits per heavy atom. The van der Waals surface area contributed by atoms with Crippen LogP contribution in [0.4, 0.5) is 4.79 Å². The first-order valence-corrected chi connectivity index (χ1v) is 22.5. The van der Waals surface area contributed by atoms with E-state index < -0.39 is 23.8 Å². The van der Waals surface area contributed by atoms with Gasteiger partial charge in [-0.2, -0.15) is 0 Å². The topological polar surface area (TPSA) is 184 Å². The summed E-state index contributed by atoms with van der Waals surface area (Å²) in [6, 6.07) is 19.5. The molecule has 0 spiro atoms. The molecule has 0 unspecified atom stereocenters. The highest BCUT2D eigenvalue weighted by Gasteiger charge is 2.65. The van der Waals surface area contributed by atoms with Crippen LogP contribution in [0.5, 0.6) is 23.0 Å². The van der Waals surface area contributed by atoms with Crippen LogP contribution in [-0.2, 0) is 30.4 Å². The molecule has 15 heteroatoms. The van der Waals surface area contributed by atoms with Gasteiger partial charge in [0.05, 0.1) is 63.9 Å². The number of carbonyl (C=O) groups is 2.